The van der Waals surface area contributed by atoms with E-state index in [0.717, 1.165) is 17.5 Å². The number of pyridine rings is 2. The van der Waals surface area contributed by atoms with Gasteiger partial charge in [0.1, 0.15) is 39.0 Å². The molecule has 0 radical (unpaired) electrons. The third-order valence-electron chi connectivity index (χ3n) is 4.95. The lowest BCUT2D eigenvalue weighted by Crippen LogP contribution is -2.25. The zero-order chi connectivity index (χ0) is 27.4. The van der Waals surface area contributed by atoms with Gasteiger partial charge in [0, 0.05) is 24.3 Å². The summed E-state index contributed by atoms with van der Waals surface area (Å²) in [7, 11) is 0. The molecule has 2 atom stereocenters. The number of carbonyl (C=O) groups excluding carboxylic acids is 1. The van der Waals surface area contributed by atoms with E-state index >= 15 is 0 Å². The van der Waals surface area contributed by atoms with Crippen LogP contribution in [-0.4, -0.2) is 35.9 Å². The molecule has 4 heterocycles. The van der Waals surface area contributed by atoms with E-state index in [1.165, 1.54) is 12.5 Å². The highest BCUT2D eigenvalue weighted by atomic mass is 35.5. The average molecular weight is 585 g/mol. The minimum Gasteiger partial charge on any atom is -0.373 e. The Hall–Kier alpha value is -3.43. The van der Waals surface area contributed by atoms with Crippen molar-refractivity contribution in [2.24, 2.45) is 0 Å². The molecule has 0 fully saturated rings. The largest absolute Gasteiger partial charge is 0.418 e. The van der Waals surface area contributed by atoms with Gasteiger partial charge in [-0.25, -0.2) is 19.9 Å². The number of hydrogen-bond acceptors (Lipinski definition) is 10. The highest BCUT2D eigenvalue weighted by Crippen LogP contribution is 2.35. The number of nitrogens with one attached hydrogen (secondary N) is 3. The van der Waals surface area contributed by atoms with Gasteiger partial charge in [-0.1, -0.05) is 23.2 Å². The van der Waals surface area contributed by atoms with Crippen LogP contribution in [0.25, 0.3) is 0 Å². The normalized spacial score (nSPS) is 13.1. The molecular weight excluding hydrogens is 568 g/mol. The maximum Gasteiger partial charge on any atom is 0.418 e. The summed E-state index contributed by atoms with van der Waals surface area (Å²) in [4.78, 5) is 32.6. The van der Waals surface area contributed by atoms with E-state index in [1.807, 2.05) is 0 Å². The Morgan fingerprint density at radius 1 is 1.11 bits per heavy atom. The molecule has 4 aromatic rings. The smallest absolute Gasteiger partial charge is 0.373 e. The highest BCUT2D eigenvalue weighted by Gasteiger charge is 2.34. The van der Waals surface area contributed by atoms with Crippen LogP contribution in [0.2, 0.25) is 10.0 Å². The molecule has 0 aliphatic carbocycles. The first-order valence-electron chi connectivity index (χ1n) is 10.6. The quantitative estimate of drug-likeness (QED) is 0.201. The molecule has 1 unspecified atom stereocenters. The zero-order valence-corrected chi connectivity index (χ0v) is 21.5. The Bertz CT molecular complexity index is 1440. The molecule has 0 aromatic carbocycles. The molecule has 10 nitrogen and oxygen atoms in total. The topological polar surface area (TPSA) is 138 Å². The zero-order valence-electron chi connectivity index (χ0n) is 19.2. The predicted molar refractivity (Wildman–Crippen MR) is 135 cm³/mol. The van der Waals surface area contributed by atoms with Crippen LogP contribution >= 0.6 is 34.5 Å². The Morgan fingerprint density at radius 2 is 1.84 bits per heavy atom. The number of thiazole rings is 1. The molecule has 4 N–H and O–H groups in total. The Labute approximate surface area is 227 Å². The highest BCUT2D eigenvalue weighted by molar-refractivity contribution is 7.13. The second-order valence-corrected chi connectivity index (χ2v) is 9.48. The second kappa shape index (κ2) is 11.5. The van der Waals surface area contributed by atoms with Gasteiger partial charge in [-0.05, 0) is 25.1 Å². The number of aromatic nitrogens is 5. The number of alkyl halides is 3. The number of aliphatic hydroxyl groups is 1. The van der Waals surface area contributed by atoms with Gasteiger partial charge in [0.2, 0.25) is 0 Å². The Kier molecular flexibility index (Phi) is 8.38. The molecule has 0 bridgehead atoms. The number of nitrogens with zero attached hydrogens (tertiary/aromatic N) is 5. The number of rotatable bonds is 8. The van der Waals surface area contributed by atoms with Crippen LogP contribution in [0.5, 0.6) is 0 Å². The second-order valence-electron chi connectivity index (χ2n) is 7.64. The van der Waals surface area contributed by atoms with Crippen molar-refractivity contribution in [1.82, 2.24) is 30.2 Å². The van der Waals surface area contributed by atoms with Gasteiger partial charge in [-0.2, -0.15) is 13.2 Å². The van der Waals surface area contributed by atoms with Gasteiger partial charge < -0.3 is 15.7 Å². The van der Waals surface area contributed by atoms with E-state index in [4.69, 9.17) is 23.2 Å². The molecule has 198 valence electrons. The fourth-order valence-electron chi connectivity index (χ4n) is 3.12. The summed E-state index contributed by atoms with van der Waals surface area (Å²) in [6, 6.07) is 3.50. The molecular formula is C22H17Cl2F3N8O2S. The number of aliphatic hydroxyl groups excluding tert-OH is 1. The first-order chi connectivity index (χ1) is 18.0. The summed E-state index contributed by atoms with van der Waals surface area (Å²) in [6.07, 6.45) is 0.452. The van der Waals surface area contributed by atoms with Gasteiger partial charge in [0.25, 0.3) is 5.91 Å². The van der Waals surface area contributed by atoms with Crippen molar-refractivity contribution in [1.29, 1.82) is 0 Å². The molecule has 4 aromatic heterocycles. The van der Waals surface area contributed by atoms with Crippen molar-refractivity contribution in [3.63, 3.8) is 0 Å². The SMILES string of the molecule is C[C@@H](NC(O)c1ncnc(Nc2ccncc2)c1Cl)c1ncc(C(=O)Nc2cc(C(F)(F)F)c(Cl)cn2)s1. The Morgan fingerprint density at radius 3 is 2.55 bits per heavy atom. The summed E-state index contributed by atoms with van der Waals surface area (Å²) in [5, 5.41) is 18.8. The van der Waals surface area contributed by atoms with Crippen LogP contribution in [-0.2, 0) is 6.18 Å². The molecule has 0 saturated carbocycles. The molecule has 4 rings (SSSR count). The van der Waals surface area contributed by atoms with Crippen LogP contribution in [0, 0.1) is 0 Å². The minimum absolute atomic E-state index is 0.0874. The summed E-state index contributed by atoms with van der Waals surface area (Å²) in [6.45, 7) is 1.69. The van der Waals surface area contributed by atoms with Crippen LogP contribution in [0.15, 0.2) is 49.3 Å². The van der Waals surface area contributed by atoms with E-state index in [1.54, 1.807) is 31.5 Å². The molecule has 0 aliphatic heterocycles. The fraction of sp³-hybridized carbons (Fsp3) is 0.182. The monoisotopic (exact) mass is 584 g/mol. The predicted octanol–water partition coefficient (Wildman–Crippen LogP) is 5.39. The number of carbonyl (C=O) groups is 1. The van der Waals surface area contributed by atoms with Crippen LogP contribution < -0.4 is 16.0 Å². The molecule has 0 aliphatic rings. The third kappa shape index (κ3) is 6.52. The lowest BCUT2D eigenvalue weighted by atomic mass is 10.2. The fourth-order valence-corrected chi connectivity index (χ4v) is 4.40. The van der Waals surface area contributed by atoms with E-state index < -0.39 is 34.9 Å². The van der Waals surface area contributed by atoms with E-state index in [2.05, 4.69) is 40.9 Å². The Balaban J connectivity index is 1.42. The standard InChI is InChI=1S/C22H17Cl2F3N8O2S/c1-10(33-20(37)17-16(24)18(32-9-31-17)34-11-2-4-28-5-3-11)21-30-8-14(38-21)19(36)35-15-6-12(22(25,26)27)13(23)7-29-15/h2-10,20,33,37H,1H3,(H,29,35,36)(H,28,31,32,34)/t10-,20?/m1/s1. The van der Waals surface area contributed by atoms with Crippen molar-refractivity contribution in [2.45, 2.75) is 25.4 Å². The van der Waals surface area contributed by atoms with Gasteiger partial charge in [-0.15, -0.1) is 11.3 Å². The number of anilines is 3. The summed E-state index contributed by atoms with van der Waals surface area (Å²) >= 11 is 12.9. The lowest BCUT2D eigenvalue weighted by Gasteiger charge is -2.18. The lowest BCUT2D eigenvalue weighted by molar-refractivity contribution is -0.137. The van der Waals surface area contributed by atoms with Crippen LogP contribution in [0.3, 0.4) is 0 Å². The molecule has 0 spiro atoms. The van der Waals surface area contributed by atoms with Crippen molar-refractivity contribution >= 4 is 57.8 Å². The molecule has 0 saturated heterocycles. The molecule has 38 heavy (non-hydrogen) atoms. The van der Waals surface area contributed by atoms with Gasteiger partial charge in [0.05, 0.1) is 22.8 Å². The summed E-state index contributed by atoms with van der Waals surface area (Å²) in [5.74, 6) is -0.762. The maximum atomic E-state index is 13.1. The van der Waals surface area contributed by atoms with Gasteiger partial charge in [-0.3, -0.25) is 15.1 Å². The maximum absolute atomic E-state index is 13.1. The van der Waals surface area contributed by atoms with Crippen molar-refractivity contribution in [3.05, 3.63) is 80.5 Å². The molecule has 16 heteroatoms. The third-order valence-corrected chi connectivity index (χ3v) is 6.80. The van der Waals surface area contributed by atoms with Crippen LogP contribution in [0.4, 0.5) is 30.5 Å². The number of amides is 1. The van der Waals surface area contributed by atoms with E-state index in [-0.39, 0.29) is 27.2 Å². The average Bonchev–Trinajstić information content (AvgIpc) is 3.37. The summed E-state index contributed by atoms with van der Waals surface area (Å²) in [5.41, 5.74) is -0.336. The van der Waals surface area contributed by atoms with Crippen molar-refractivity contribution in [2.75, 3.05) is 10.6 Å². The minimum atomic E-state index is -4.71. The molecule has 1 amide bonds. The van der Waals surface area contributed by atoms with Crippen LogP contribution in [0.1, 0.15) is 45.1 Å². The van der Waals surface area contributed by atoms with Crippen molar-refractivity contribution in [3.8, 4) is 0 Å². The summed E-state index contributed by atoms with van der Waals surface area (Å²) < 4.78 is 39.2. The van der Waals surface area contributed by atoms with Gasteiger partial charge in [0.15, 0.2) is 5.82 Å². The first-order valence-corrected chi connectivity index (χ1v) is 12.2. The van der Waals surface area contributed by atoms with E-state index in [9.17, 15) is 23.1 Å². The first kappa shape index (κ1) is 27.6. The van der Waals surface area contributed by atoms with E-state index in [0.29, 0.717) is 16.8 Å². The number of hydrogen-bond donors (Lipinski definition) is 4. The van der Waals surface area contributed by atoms with Crippen molar-refractivity contribution < 1.29 is 23.1 Å². The van der Waals surface area contributed by atoms with Gasteiger partial charge >= 0.3 is 6.18 Å². The number of halogens is 5.